The van der Waals surface area contributed by atoms with Gasteiger partial charge in [0, 0.05) is 11.2 Å². The van der Waals surface area contributed by atoms with Crippen LogP contribution in [0.2, 0.25) is 5.02 Å². The van der Waals surface area contributed by atoms with Crippen LogP contribution in [0.1, 0.15) is 27.9 Å². The summed E-state index contributed by atoms with van der Waals surface area (Å²) in [5.41, 5.74) is 4.57. The fourth-order valence-corrected chi connectivity index (χ4v) is 4.39. The van der Waals surface area contributed by atoms with E-state index in [9.17, 15) is 14.7 Å². The van der Waals surface area contributed by atoms with Crippen LogP contribution in [0, 0.1) is 0 Å². The van der Waals surface area contributed by atoms with Gasteiger partial charge in [-0.1, -0.05) is 78.3 Å². The number of carboxylic acid groups (broad SMARTS) is 1. The number of rotatable bonds is 10. The summed E-state index contributed by atoms with van der Waals surface area (Å²) < 4.78 is 7.53. The highest BCUT2D eigenvalue weighted by Crippen LogP contribution is 2.25. The Morgan fingerprint density at radius 1 is 0.846 bits per heavy atom. The molecular weight excluding hydrogens is 512 g/mol. The number of carbonyl (C=O) groups is 2. The van der Waals surface area contributed by atoms with Crippen molar-refractivity contribution in [3.05, 3.63) is 137 Å². The summed E-state index contributed by atoms with van der Waals surface area (Å²) in [5.74, 6) is -1.16. The summed E-state index contributed by atoms with van der Waals surface area (Å²) in [6.07, 6.45) is 2.76. The molecule has 0 radical (unpaired) electrons. The van der Waals surface area contributed by atoms with Crippen molar-refractivity contribution in [2.24, 2.45) is 0 Å². The van der Waals surface area contributed by atoms with Crippen LogP contribution in [-0.2, 0) is 11.2 Å². The first-order chi connectivity index (χ1) is 19.0. The van der Waals surface area contributed by atoms with E-state index in [1.165, 1.54) is 6.20 Å². The normalized spacial score (nSPS) is 11.6. The van der Waals surface area contributed by atoms with E-state index in [4.69, 9.17) is 16.3 Å². The Balaban J connectivity index is 1.28. The Labute approximate surface area is 231 Å². The third kappa shape index (κ3) is 6.25. The minimum atomic E-state index is -1.12. The van der Waals surface area contributed by atoms with Gasteiger partial charge >= 0.3 is 5.97 Å². The fraction of sp³-hybridized carbons (Fsp3) is 0.0938. The van der Waals surface area contributed by atoms with Crippen LogP contribution in [0.15, 0.2) is 116 Å². The molecule has 1 N–H and O–H groups in total. The van der Waals surface area contributed by atoms with Gasteiger partial charge in [-0.05, 0) is 65.9 Å². The maximum Gasteiger partial charge on any atom is 0.344 e. The van der Waals surface area contributed by atoms with Crippen molar-refractivity contribution in [3.8, 4) is 22.6 Å². The molecule has 1 unspecified atom stereocenters. The molecule has 0 fully saturated rings. The van der Waals surface area contributed by atoms with Crippen molar-refractivity contribution in [2.75, 3.05) is 0 Å². The van der Waals surface area contributed by atoms with E-state index >= 15 is 0 Å². The molecule has 1 heterocycles. The van der Waals surface area contributed by atoms with Gasteiger partial charge in [0.25, 0.3) is 0 Å². The molecule has 7 heteroatoms. The predicted molar refractivity (Wildman–Crippen MR) is 151 cm³/mol. The van der Waals surface area contributed by atoms with Crippen LogP contribution >= 0.6 is 11.6 Å². The molecule has 194 valence electrons. The fourth-order valence-electron chi connectivity index (χ4n) is 4.26. The number of nitrogens with zero attached hydrogens (tertiary/aromatic N) is 2. The van der Waals surface area contributed by atoms with E-state index < -0.39 is 12.1 Å². The summed E-state index contributed by atoms with van der Waals surface area (Å²) in [7, 11) is 0. The molecular formula is C32H25ClN2O4. The van der Waals surface area contributed by atoms with Gasteiger partial charge < -0.3 is 9.84 Å². The van der Waals surface area contributed by atoms with Crippen LogP contribution in [-0.4, -0.2) is 32.7 Å². The van der Waals surface area contributed by atoms with Crippen molar-refractivity contribution in [3.63, 3.8) is 0 Å². The second-order valence-corrected chi connectivity index (χ2v) is 9.46. The molecule has 1 aromatic heterocycles. The summed E-state index contributed by atoms with van der Waals surface area (Å²) in [4.78, 5) is 25.4. The monoisotopic (exact) mass is 536 g/mol. The average molecular weight is 537 g/mol. The topological polar surface area (TPSA) is 81.4 Å². The first kappa shape index (κ1) is 25.9. The first-order valence-electron chi connectivity index (χ1n) is 12.5. The van der Waals surface area contributed by atoms with E-state index in [0.717, 1.165) is 22.4 Å². The van der Waals surface area contributed by atoms with E-state index in [0.29, 0.717) is 17.0 Å². The summed E-state index contributed by atoms with van der Waals surface area (Å²) >= 11 is 5.98. The zero-order valence-electron chi connectivity index (χ0n) is 20.9. The second kappa shape index (κ2) is 11.8. The highest BCUT2D eigenvalue weighted by molar-refractivity contribution is 6.30. The van der Waals surface area contributed by atoms with Crippen molar-refractivity contribution in [1.82, 2.24) is 9.78 Å². The minimum absolute atomic E-state index is 0.223. The molecule has 0 aliphatic carbocycles. The number of carbonyl (C=O) groups excluding carboxylic acids is 1. The smallest absolute Gasteiger partial charge is 0.344 e. The number of ether oxygens (including phenoxy) is 1. The van der Waals surface area contributed by atoms with Gasteiger partial charge in [0.2, 0.25) is 0 Å². The van der Waals surface area contributed by atoms with E-state index in [-0.39, 0.29) is 23.5 Å². The third-order valence-corrected chi connectivity index (χ3v) is 6.62. The predicted octanol–water partition coefficient (Wildman–Crippen LogP) is 6.89. The number of para-hydroxylation sites is 2. The maximum absolute atomic E-state index is 13.3. The van der Waals surface area contributed by atoms with Gasteiger partial charge in [0.15, 0.2) is 11.9 Å². The molecule has 4 aromatic carbocycles. The lowest BCUT2D eigenvalue weighted by Crippen LogP contribution is -2.28. The van der Waals surface area contributed by atoms with Crippen LogP contribution < -0.4 is 4.74 Å². The molecule has 0 saturated carbocycles. The van der Waals surface area contributed by atoms with Gasteiger partial charge in [0.1, 0.15) is 5.75 Å². The quantitative estimate of drug-likeness (QED) is 0.197. The number of aryl methyl sites for hydroxylation is 1. The SMILES string of the molecule is O=C(c1cnn(-c2ccccc2)c1)c1ccccc1OC(CCc1ccc(-c2ccc(Cl)cc2)cc1)C(=O)O. The molecule has 6 nitrogen and oxygen atoms in total. The van der Waals surface area contributed by atoms with Crippen LogP contribution in [0.25, 0.3) is 16.8 Å². The molecule has 5 aromatic rings. The van der Waals surface area contributed by atoms with Crippen molar-refractivity contribution in [2.45, 2.75) is 18.9 Å². The minimum Gasteiger partial charge on any atom is -0.479 e. The van der Waals surface area contributed by atoms with E-state index in [1.54, 1.807) is 35.1 Å². The van der Waals surface area contributed by atoms with Crippen molar-refractivity contribution >= 4 is 23.4 Å². The Morgan fingerprint density at radius 3 is 2.18 bits per heavy atom. The zero-order chi connectivity index (χ0) is 27.2. The van der Waals surface area contributed by atoms with Crippen molar-refractivity contribution in [1.29, 1.82) is 0 Å². The Morgan fingerprint density at radius 2 is 1.49 bits per heavy atom. The van der Waals surface area contributed by atoms with Gasteiger partial charge in [-0.15, -0.1) is 0 Å². The average Bonchev–Trinajstić information content (AvgIpc) is 3.47. The Hall–Kier alpha value is -4.68. The number of benzene rings is 4. The lowest BCUT2D eigenvalue weighted by molar-refractivity contribution is -0.145. The standard InChI is InChI=1S/C32H25ClN2O4/c33-26-17-15-24(16-18-26)23-13-10-22(11-14-23)12-19-30(32(37)38)39-29-9-5-4-8-28(29)31(36)25-20-34-35(21-25)27-6-2-1-3-7-27/h1-11,13-18,20-21,30H,12,19H2,(H,37,38). The number of aromatic nitrogens is 2. The van der Waals surface area contributed by atoms with Gasteiger partial charge in [-0.3, -0.25) is 4.79 Å². The zero-order valence-corrected chi connectivity index (χ0v) is 21.7. The Kier molecular flexibility index (Phi) is 7.85. The molecule has 0 amide bonds. The molecule has 0 saturated heterocycles. The number of ketones is 1. The molecule has 1 atom stereocenters. The summed E-state index contributed by atoms with van der Waals surface area (Å²) in [5, 5.41) is 14.8. The highest BCUT2D eigenvalue weighted by atomic mass is 35.5. The largest absolute Gasteiger partial charge is 0.479 e. The van der Waals surface area contributed by atoms with Crippen LogP contribution in [0.3, 0.4) is 0 Å². The number of hydrogen-bond acceptors (Lipinski definition) is 4. The summed E-state index contributed by atoms with van der Waals surface area (Å²) in [6.45, 7) is 0. The number of halogens is 1. The Bertz CT molecular complexity index is 1580. The second-order valence-electron chi connectivity index (χ2n) is 9.02. The van der Waals surface area contributed by atoms with Gasteiger partial charge in [-0.2, -0.15) is 5.10 Å². The maximum atomic E-state index is 13.3. The number of hydrogen-bond donors (Lipinski definition) is 1. The van der Waals surface area contributed by atoms with Crippen molar-refractivity contribution < 1.29 is 19.4 Å². The van der Waals surface area contributed by atoms with Gasteiger partial charge in [-0.25, -0.2) is 9.48 Å². The molecule has 0 aliphatic rings. The number of aliphatic carboxylic acids is 1. The lowest BCUT2D eigenvalue weighted by atomic mass is 10.0. The van der Waals surface area contributed by atoms with Gasteiger partial charge in [0.05, 0.1) is 23.0 Å². The third-order valence-electron chi connectivity index (χ3n) is 6.37. The summed E-state index contributed by atoms with van der Waals surface area (Å²) in [6, 6.07) is 31.7. The lowest BCUT2D eigenvalue weighted by Gasteiger charge is -2.17. The highest BCUT2D eigenvalue weighted by Gasteiger charge is 2.23. The molecule has 39 heavy (non-hydrogen) atoms. The van der Waals surface area contributed by atoms with Crippen LogP contribution in [0.4, 0.5) is 0 Å². The molecule has 0 aliphatic heterocycles. The number of carboxylic acids is 1. The molecule has 5 rings (SSSR count). The molecule has 0 spiro atoms. The first-order valence-corrected chi connectivity index (χ1v) is 12.8. The van der Waals surface area contributed by atoms with Crippen LogP contribution in [0.5, 0.6) is 5.75 Å². The van der Waals surface area contributed by atoms with E-state index in [2.05, 4.69) is 5.10 Å². The molecule has 0 bridgehead atoms. The van der Waals surface area contributed by atoms with E-state index in [1.807, 2.05) is 78.9 Å².